The summed E-state index contributed by atoms with van der Waals surface area (Å²) in [5, 5.41) is 17.3. The van der Waals surface area contributed by atoms with Gasteiger partial charge >= 0.3 is 0 Å². The lowest BCUT2D eigenvalue weighted by atomic mass is 10.0. The number of imidazole rings is 1. The zero-order chi connectivity index (χ0) is 22.6. The molecular formula is C25H29N7O. The molecule has 0 aliphatic carbocycles. The van der Waals surface area contributed by atoms with Crippen molar-refractivity contribution in [1.29, 1.82) is 0 Å². The molecule has 1 atom stereocenters. The second-order valence-electron chi connectivity index (χ2n) is 8.48. The van der Waals surface area contributed by atoms with E-state index in [4.69, 9.17) is 0 Å². The number of anilines is 1. The van der Waals surface area contributed by atoms with Gasteiger partial charge in [0.25, 0.3) is 0 Å². The number of aliphatic hydroxyl groups is 1. The van der Waals surface area contributed by atoms with Crippen LogP contribution in [0.2, 0.25) is 0 Å². The topological polar surface area (TPSA) is 102 Å². The molecule has 4 heterocycles. The number of pyridine rings is 2. The highest BCUT2D eigenvalue weighted by molar-refractivity contribution is 5.88. The van der Waals surface area contributed by atoms with Crippen LogP contribution in [-0.2, 0) is 0 Å². The second-order valence-corrected chi connectivity index (χ2v) is 8.48. The Bertz CT molecular complexity index is 1240. The number of aryl methyl sites for hydroxylation is 1. The standard InChI is InChI=1S/C25H29N7O/c1-17-3-2-4-23(31-17)25-24(29-16-30-25)18-5-6-22-19(11-18)12-20(13-28-22)26-7-9-32-10-8-27-21(14-32)15-33/h2-6,11-13,16,21,26-27,33H,7-10,14-15H2,1H3,(H,29,30)/t21-/m1/s1. The zero-order valence-electron chi connectivity index (χ0n) is 18.8. The van der Waals surface area contributed by atoms with Gasteiger partial charge < -0.3 is 20.7 Å². The number of hydrogen-bond donors (Lipinski definition) is 4. The molecule has 1 aliphatic rings. The van der Waals surface area contributed by atoms with Gasteiger partial charge in [-0.3, -0.25) is 14.9 Å². The zero-order valence-corrected chi connectivity index (χ0v) is 18.8. The lowest BCUT2D eigenvalue weighted by molar-refractivity contribution is 0.152. The number of H-pyrrole nitrogens is 1. The predicted octanol–water partition coefficient (Wildman–Crippen LogP) is 2.67. The SMILES string of the molecule is Cc1cccc(-c2[nH]cnc2-c2ccc3ncc(NCCN4CCN[C@@H](CO)C4)cc3c2)n1. The third-order valence-corrected chi connectivity index (χ3v) is 6.06. The minimum Gasteiger partial charge on any atom is -0.395 e. The summed E-state index contributed by atoms with van der Waals surface area (Å²) in [6, 6.07) is 14.5. The molecule has 8 heteroatoms. The van der Waals surface area contributed by atoms with Crippen LogP contribution in [-0.4, -0.2) is 75.3 Å². The molecule has 170 valence electrons. The summed E-state index contributed by atoms with van der Waals surface area (Å²) >= 11 is 0. The number of aromatic amines is 1. The maximum atomic E-state index is 9.37. The van der Waals surface area contributed by atoms with E-state index in [0.29, 0.717) is 0 Å². The number of rotatable bonds is 7. The highest BCUT2D eigenvalue weighted by atomic mass is 16.3. The van der Waals surface area contributed by atoms with Crippen molar-refractivity contribution in [3.8, 4) is 22.6 Å². The monoisotopic (exact) mass is 443 g/mol. The van der Waals surface area contributed by atoms with Crippen molar-refractivity contribution in [2.24, 2.45) is 0 Å². The van der Waals surface area contributed by atoms with Crippen molar-refractivity contribution in [3.05, 3.63) is 60.7 Å². The molecular weight excluding hydrogens is 414 g/mol. The first-order chi connectivity index (χ1) is 16.2. The molecule has 4 N–H and O–H groups in total. The second kappa shape index (κ2) is 9.66. The van der Waals surface area contributed by atoms with E-state index in [1.54, 1.807) is 6.33 Å². The Hall–Kier alpha value is -3.33. The molecule has 0 radical (unpaired) electrons. The first-order valence-electron chi connectivity index (χ1n) is 11.4. The van der Waals surface area contributed by atoms with Gasteiger partial charge in [0.2, 0.25) is 0 Å². The number of aliphatic hydroxyl groups excluding tert-OH is 1. The number of aromatic nitrogens is 4. The van der Waals surface area contributed by atoms with Gasteiger partial charge in [0, 0.05) is 55.4 Å². The molecule has 1 saturated heterocycles. The maximum absolute atomic E-state index is 9.37. The first kappa shape index (κ1) is 21.5. The summed E-state index contributed by atoms with van der Waals surface area (Å²) in [5.74, 6) is 0. The Balaban J connectivity index is 1.32. The van der Waals surface area contributed by atoms with Crippen LogP contribution < -0.4 is 10.6 Å². The fourth-order valence-corrected chi connectivity index (χ4v) is 4.34. The number of hydrogen-bond acceptors (Lipinski definition) is 7. The van der Waals surface area contributed by atoms with E-state index in [-0.39, 0.29) is 12.6 Å². The summed E-state index contributed by atoms with van der Waals surface area (Å²) in [7, 11) is 0. The van der Waals surface area contributed by atoms with Crippen LogP contribution in [0.3, 0.4) is 0 Å². The van der Waals surface area contributed by atoms with Crippen molar-refractivity contribution >= 4 is 16.6 Å². The van der Waals surface area contributed by atoms with Crippen molar-refractivity contribution in [2.45, 2.75) is 13.0 Å². The van der Waals surface area contributed by atoms with E-state index >= 15 is 0 Å². The Labute approximate surface area is 193 Å². The molecule has 1 aliphatic heterocycles. The van der Waals surface area contributed by atoms with Gasteiger partial charge in [-0.1, -0.05) is 12.1 Å². The van der Waals surface area contributed by atoms with E-state index in [9.17, 15) is 5.11 Å². The van der Waals surface area contributed by atoms with Crippen molar-refractivity contribution in [3.63, 3.8) is 0 Å². The number of nitrogens with zero attached hydrogens (tertiary/aromatic N) is 4. The fourth-order valence-electron chi connectivity index (χ4n) is 4.34. The molecule has 33 heavy (non-hydrogen) atoms. The van der Waals surface area contributed by atoms with Gasteiger partial charge in [-0.2, -0.15) is 0 Å². The van der Waals surface area contributed by atoms with Crippen LogP contribution in [0.15, 0.2) is 55.0 Å². The van der Waals surface area contributed by atoms with Crippen LogP contribution in [0.4, 0.5) is 5.69 Å². The van der Waals surface area contributed by atoms with Crippen molar-refractivity contribution in [1.82, 2.24) is 30.2 Å². The molecule has 0 unspecified atom stereocenters. The minimum absolute atomic E-state index is 0.168. The average Bonchev–Trinajstić information content (AvgIpc) is 3.34. The van der Waals surface area contributed by atoms with E-state index in [1.165, 1.54) is 0 Å². The van der Waals surface area contributed by atoms with E-state index in [1.807, 2.05) is 37.4 Å². The first-order valence-corrected chi connectivity index (χ1v) is 11.4. The minimum atomic E-state index is 0.168. The highest BCUT2D eigenvalue weighted by Gasteiger charge is 2.17. The predicted molar refractivity (Wildman–Crippen MR) is 131 cm³/mol. The quantitative estimate of drug-likeness (QED) is 0.348. The average molecular weight is 444 g/mol. The third kappa shape index (κ3) is 4.88. The van der Waals surface area contributed by atoms with Crippen molar-refractivity contribution in [2.75, 3.05) is 44.6 Å². The Morgan fingerprint density at radius 1 is 1.18 bits per heavy atom. The fraction of sp³-hybridized carbons (Fsp3) is 0.320. The summed E-state index contributed by atoms with van der Waals surface area (Å²) in [6.07, 6.45) is 3.60. The molecule has 1 fully saturated rings. The maximum Gasteiger partial charge on any atom is 0.0977 e. The normalized spacial score (nSPS) is 16.8. The van der Waals surface area contributed by atoms with Gasteiger partial charge in [0.1, 0.15) is 0 Å². The number of piperazine rings is 1. The molecule has 0 spiro atoms. The van der Waals surface area contributed by atoms with Crippen LogP contribution in [0.25, 0.3) is 33.5 Å². The van der Waals surface area contributed by atoms with Gasteiger partial charge in [-0.05, 0) is 37.3 Å². The molecule has 1 aromatic carbocycles. The Kier molecular flexibility index (Phi) is 6.30. The summed E-state index contributed by atoms with van der Waals surface area (Å²) in [4.78, 5) is 19.5. The van der Waals surface area contributed by atoms with Crippen LogP contribution in [0, 0.1) is 6.92 Å². The van der Waals surface area contributed by atoms with E-state index < -0.39 is 0 Å². The molecule has 4 aromatic rings. The van der Waals surface area contributed by atoms with Gasteiger partial charge in [0.15, 0.2) is 0 Å². The van der Waals surface area contributed by atoms with E-state index in [2.05, 4.69) is 53.7 Å². The lowest BCUT2D eigenvalue weighted by Crippen LogP contribution is -2.53. The highest BCUT2D eigenvalue weighted by Crippen LogP contribution is 2.30. The van der Waals surface area contributed by atoms with Crippen LogP contribution >= 0.6 is 0 Å². The third-order valence-electron chi connectivity index (χ3n) is 6.06. The van der Waals surface area contributed by atoms with Crippen molar-refractivity contribution < 1.29 is 5.11 Å². The smallest absolute Gasteiger partial charge is 0.0977 e. The van der Waals surface area contributed by atoms with E-state index in [0.717, 1.165) is 77.7 Å². The number of nitrogens with one attached hydrogen (secondary N) is 3. The molecule has 0 saturated carbocycles. The molecule has 3 aromatic heterocycles. The van der Waals surface area contributed by atoms with Crippen LogP contribution in [0.5, 0.6) is 0 Å². The summed E-state index contributed by atoms with van der Waals surface area (Å²) < 4.78 is 0. The number of benzene rings is 1. The molecule has 8 nitrogen and oxygen atoms in total. The molecule has 5 rings (SSSR count). The Morgan fingerprint density at radius 3 is 3.00 bits per heavy atom. The number of fused-ring (bicyclic) bond motifs is 1. The largest absolute Gasteiger partial charge is 0.395 e. The van der Waals surface area contributed by atoms with Gasteiger partial charge in [0.05, 0.1) is 47.4 Å². The Morgan fingerprint density at radius 2 is 2.12 bits per heavy atom. The lowest BCUT2D eigenvalue weighted by Gasteiger charge is -2.32. The molecule has 0 amide bonds. The molecule has 0 bridgehead atoms. The van der Waals surface area contributed by atoms with Crippen LogP contribution in [0.1, 0.15) is 5.69 Å². The van der Waals surface area contributed by atoms with Gasteiger partial charge in [-0.15, -0.1) is 0 Å². The van der Waals surface area contributed by atoms with Gasteiger partial charge in [-0.25, -0.2) is 4.98 Å². The summed E-state index contributed by atoms with van der Waals surface area (Å²) in [6.45, 7) is 6.71. The summed E-state index contributed by atoms with van der Waals surface area (Å²) in [5.41, 5.74) is 6.62.